The van der Waals surface area contributed by atoms with Crippen LogP contribution in [0.15, 0.2) is 53.0 Å². The van der Waals surface area contributed by atoms with Crippen molar-refractivity contribution in [3.8, 4) is 11.5 Å². The Morgan fingerprint density at radius 1 is 1.05 bits per heavy atom. The zero-order valence-electron chi connectivity index (χ0n) is 11.0. The maximum Gasteiger partial charge on any atom is 0.141 e. The normalized spacial score (nSPS) is 12.2. The fourth-order valence-electron chi connectivity index (χ4n) is 1.84. The maximum absolute atomic E-state index is 6.03. The van der Waals surface area contributed by atoms with Crippen LogP contribution < -0.4 is 10.5 Å². The molecule has 0 heterocycles. The Balaban J connectivity index is 2.23. The molecule has 0 saturated heterocycles. The van der Waals surface area contributed by atoms with Crippen LogP contribution in [0.5, 0.6) is 11.5 Å². The minimum Gasteiger partial charge on any atom is -0.456 e. The van der Waals surface area contributed by atoms with Crippen LogP contribution in [-0.4, -0.2) is 6.04 Å². The quantitative estimate of drug-likeness (QED) is 0.879. The van der Waals surface area contributed by atoms with Gasteiger partial charge in [0.2, 0.25) is 0 Å². The second kappa shape index (κ2) is 6.73. The molecule has 19 heavy (non-hydrogen) atoms. The largest absolute Gasteiger partial charge is 0.456 e. The van der Waals surface area contributed by atoms with Gasteiger partial charge in [-0.1, -0.05) is 37.3 Å². The highest BCUT2D eigenvalue weighted by molar-refractivity contribution is 9.10. The van der Waals surface area contributed by atoms with Gasteiger partial charge in [-0.05, 0) is 52.5 Å². The van der Waals surface area contributed by atoms with Crippen LogP contribution in [0.1, 0.15) is 18.9 Å². The number of hydrogen-bond acceptors (Lipinski definition) is 2. The first-order valence-electron chi connectivity index (χ1n) is 6.46. The van der Waals surface area contributed by atoms with E-state index in [-0.39, 0.29) is 6.04 Å². The van der Waals surface area contributed by atoms with Crippen molar-refractivity contribution >= 4 is 15.9 Å². The third kappa shape index (κ3) is 3.82. The van der Waals surface area contributed by atoms with Crippen molar-refractivity contribution in [3.63, 3.8) is 0 Å². The van der Waals surface area contributed by atoms with Crippen molar-refractivity contribution in [2.75, 3.05) is 0 Å². The average molecular weight is 320 g/mol. The van der Waals surface area contributed by atoms with Crippen LogP contribution in [0.25, 0.3) is 0 Å². The van der Waals surface area contributed by atoms with Crippen molar-refractivity contribution in [2.24, 2.45) is 5.73 Å². The number of benzene rings is 2. The molecule has 0 aliphatic carbocycles. The Morgan fingerprint density at radius 3 is 2.37 bits per heavy atom. The number of hydrogen-bond donors (Lipinski definition) is 1. The summed E-state index contributed by atoms with van der Waals surface area (Å²) in [7, 11) is 0. The molecule has 100 valence electrons. The van der Waals surface area contributed by atoms with Gasteiger partial charge in [0.15, 0.2) is 0 Å². The summed E-state index contributed by atoms with van der Waals surface area (Å²) in [5, 5.41) is 0. The Labute approximate surface area is 122 Å². The third-order valence-electron chi connectivity index (χ3n) is 3.04. The molecule has 2 aromatic rings. The molecule has 0 aromatic heterocycles. The molecule has 0 radical (unpaired) electrons. The Kier molecular flexibility index (Phi) is 5.00. The fourth-order valence-corrected chi connectivity index (χ4v) is 2.21. The molecule has 0 aliphatic rings. The number of para-hydroxylation sites is 2. The van der Waals surface area contributed by atoms with Gasteiger partial charge in [0.05, 0.1) is 4.47 Å². The molecule has 2 aromatic carbocycles. The predicted octanol–water partition coefficient (Wildman–Crippen LogP) is 4.52. The van der Waals surface area contributed by atoms with E-state index in [4.69, 9.17) is 10.5 Å². The lowest BCUT2D eigenvalue weighted by Gasteiger charge is -2.14. The highest BCUT2D eigenvalue weighted by Gasteiger charge is 2.09. The molecule has 1 atom stereocenters. The monoisotopic (exact) mass is 319 g/mol. The van der Waals surface area contributed by atoms with E-state index in [0.29, 0.717) is 0 Å². The third-order valence-corrected chi connectivity index (χ3v) is 3.69. The summed E-state index contributed by atoms with van der Waals surface area (Å²) in [5.74, 6) is 1.69. The zero-order chi connectivity index (χ0) is 13.7. The van der Waals surface area contributed by atoms with Crippen LogP contribution in [-0.2, 0) is 6.42 Å². The number of ether oxygens (including phenoxy) is 1. The van der Waals surface area contributed by atoms with Crippen LogP contribution in [0, 0.1) is 0 Å². The van der Waals surface area contributed by atoms with E-state index in [2.05, 4.69) is 28.9 Å². The van der Waals surface area contributed by atoms with Crippen molar-refractivity contribution < 1.29 is 4.74 Å². The molecule has 1 unspecified atom stereocenters. The molecular formula is C16H18BrNO. The SMILES string of the molecule is CCC(N)Cc1ccccc1Oc1ccccc1Br. The maximum atomic E-state index is 6.03. The first-order chi connectivity index (χ1) is 9.20. The van der Waals surface area contributed by atoms with Crippen molar-refractivity contribution in [1.29, 1.82) is 0 Å². The number of nitrogens with two attached hydrogens (primary N) is 1. The molecule has 2 N–H and O–H groups in total. The molecule has 0 aliphatic heterocycles. The van der Waals surface area contributed by atoms with Gasteiger partial charge in [0.1, 0.15) is 11.5 Å². The molecule has 2 nitrogen and oxygen atoms in total. The molecule has 3 heteroatoms. The smallest absolute Gasteiger partial charge is 0.141 e. The Bertz CT molecular complexity index is 542. The molecule has 0 amide bonds. The van der Waals surface area contributed by atoms with Gasteiger partial charge >= 0.3 is 0 Å². The van der Waals surface area contributed by atoms with Crippen LogP contribution in [0.4, 0.5) is 0 Å². The van der Waals surface area contributed by atoms with Gasteiger partial charge in [-0.25, -0.2) is 0 Å². The summed E-state index contributed by atoms with van der Waals surface area (Å²) in [5.41, 5.74) is 7.18. The number of rotatable bonds is 5. The van der Waals surface area contributed by atoms with E-state index in [9.17, 15) is 0 Å². The van der Waals surface area contributed by atoms with E-state index in [1.54, 1.807) is 0 Å². The Hall–Kier alpha value is -1.32. The van der Waals surface area contributed by atoms with Crippen molar-refractivity contribution in [2.45, 2.75) is 25.8 Å². The van der Waals surface area contributed by atoms with E-state index in [1.165, 1.54) is 0 Å². The van der Waals surface area contributed by atoms with E-state index in [0.717, 1.165) is 34.4 Å². The van der Waals surface area contributed by atoms with Crippen LogP contribution in [0.2, 0.25) is 0 Å². The lowest BCUT2D eigenvalue weighted by molar-refractivity contribution is 0.469. The standard InChI is InChI=1S/C16H18BrNO/c1-2-13(18)11-12-7-3-5-9-15(12)19-16-10-6-4-8-14(16)17/h3-10,13H,2,11,18H2,1H3. The van der Waals surface area contributed by atoms with Crippen molar-refractivity contribution in [1.82, 2.24) is 0 Å². The van der Waals surface area contributed by atoms with Crippen LogP contribution in [0.3, 0.4) is 0 Å². The lowest BCUT2D eigenvalue weighted by atomic mass is 10.0. The minimum absolute atomic E-state index is 0.170. The van der Waals surface area contributed by atoms with E-state index < -0.39 is 0 Å². The van der Waals surface area contributed by atoms with Gasteiger partial charge in [0, 0.05) is 6.04 Å². The Morgan fingerprint density at radius 2 is 1.68 bits per heavy atom. The fraction of sp³-hybridized carbons (Fsp3) is 0.250. The highest BCUT2D eigenvalue weighted by atomic mass is 79.9. The molecular weight excluding hydrogens is 302 g/mol. The topological polar surface area (TPSA) is 35.2 Å². The minimum atomic E-state index is 0.170. The second-order valence-corrected chi connectivity index (χ2v) is 5.37. The summed E-state index contributed by atoms with van der Waals surface area (Å²) in [6.45, 7) is 2.10. The molecule has 0 saturated carbocycles. The summed E-state index contributed by atoms with van der Waals surface area (Å²) < 4.78 is 6.93. The summed E-state index contributed by atoms with van der Waals surface area (Å²) in [6.07, 6.45) is 1.79. The van der Waals surface area contributed by atoms with E-state index >= 15 is 0 Å². The molecule has 0 fully saturated rings. The predicted molar refractivity (Wildman–Crippen MR) is 82.6 cm³/mol. The second-order valence-electron chi connectivity index (χ2n) is 4.51. The van der Waals surface area contributed by atoms with Crippen molar-refractivity contribution in [3.05, 3.63) is 58.6 Å². The lowest BCUT2D eigenvalue weighted by Crippen LogP contribution is -2.21. The summed E-state index contributed by atoms with van der Waals surface area (Å²) in [4.78, 5) is 0. The van der Waals surface area contributed by atoms with Gasteiger partial charge in [-0.3, -0.25) is 0 Å². The molecule has 2 rings (SSSR count). The number of halogens is 1. The van der Waals surface area contributed by atoms with E-state index in [1.807, 2.05) is 42.5 Å². The zero-order valence-corrected chi connectivity index (χ0v) is 12.6. The average Bonchev–Trinajstić information content (AvgIpc) is 2.43. The first kappa shape index (κ1) is 14.1. The first-order valence-corrected chi connectivity index (χ1v) is 7.26. The highest BCUT2D eigenvalue weighted by Crippen LogP contribution is 2.31. The van der Waals surface area contributed by atoms with Gasteiger partial charge < -0.3 is 10.5 Å². The summed E-state index contributed by atoms with van der Waals surface area (Å²) >= 11 is 3.49. The molecule has 0 bridgehead atoms. The van der Waals surface area contributed by atoms with Gasteiger partial charge in [0.25, 0.3) is 0 Å². The van der Waals surface area contributed by atoms with Gasteiger partial charge in [-0.15, -0.1) is 0 Å². The van der Waals surface area contributed by atoms with Gasteiger partial charge in [-0.2, -0.15) is 0 Å². The van der Waals surface area contributed by atoms with Crippen LogP contribution >= 0.6 is 15.9 Å². The summed E-state index contributed by atoms with van der Waals surface area (Å²) in [6, 6.07) is 16.1. The molecule has 0 spiro atoms.